The van der Waals surface area contributed by atoms with Crippen molar-refractivity contribution < 1.29 is 23.5 Å². The van der Waals surface area contributed by atoms with Gasteiger partial charge in [0.15, 0.2) is 0 Å². The van der Waals surface area contributed by atoms with E-state index < -0.39 is 17.8 Å². The number of imide groups is 2. The molecule has 4 rings (SSSR count). The zero-order valence-electron chi connectivity index (χ0n) is 16.3. The number of hydrogen-bond acceptors (Lipinski definition) is 5. The lowest BCUT2D eigenvalue weighted by atomic mass is 10.1. The first-order valence-electron chi connectivity index (χ1n) is 9.08. The summed E-state index contributed by atoms with van der Waals surface area (Å²) in [5.41, 5.74) is 0.548. The molecule has 1 aliphatic heterocycles. The predicted octanol–water partition coefficient (Wildman–Crippen LogP) is 5.58. The molecule has 0 spiro atoms. The monoisotopic (exact) mass is 490 g/mol. The maximum atomic E-state index is 13.0. The maximum absolute atomic E-state index is 13.0. The molecule has 1 saturated heterocycles. The fraction of sp³-hybridized carbons (Fsp3) is 0.0455. The van der Waals surface area contributed by atoms with Crippen LogP contribution in [-0.4, -0.2) is 25.0 Å². The minimum Gasteiger partial charge on any atom is -0.495 e. The summed E-state index contributed by atoms with van der Waals surface area (Å²) < 4.78 is 10.8. The lowest BCUT2D eigenvalue weighted by molar-refractivity contribution is -0.122. The van der Waals surface area contributed by atoms with Gasteiger partial charge in [0.2, 0.25) is 0 Å². The molecule has 2 heterocycles. The first-order valence-corrected chi connectivity index (χ1v) is 10.2. The Bertz CT molecular complexity index is 1300. The van der Waals surface area contributed by atoms with Crippen molar-refractivity contribution in [1.82, 2.24) is 5.32 Å². The average Bonchev–Trinajstić information content (AvgIpc) is 3.22. The second kappa shape index (κ2) is 8.70. The standard InChI is InChI=1S/C22H13Cl3N2O5/c1-31-19-6-3-12(9-17(19)25)27-21(29)14(20(28)26-22(27)30)10-13-4-7-18(32-13)11-2-5-15(23)16(24)8-11/h2-10H,1H3,(H,26,28,30)/b14-10-. The molecule has 0 unspecified atom stereocenters. The van der Waals surface area contributed by atoms with Crippen LogP contribution < -0.4 is 15.0 Å². The Morgan fingerprint density at radius 2 is 1.72 bits per heavy atom. The summed E-state index contributed by atoms with van der Waals surface area (Å²) in [5, 5.41) is 3.10. The molecular weight excluding hydrogens is 479 g/mol. The first kappa shape index (κ1) is 22.0. The number of ether oxygens (including phenoxy) is 1. The SMILES string of the molecule is COc1ccc(N2C(=O)NC(=O)/C(=C/c3ccc(-c4ccc(Cl)c(Cl)c4)o3)C2=O)cc1Cl. The van der Waals surface area contributed by atoms with Gasteiger partial charge in [0, 0.05) is 5.56 Å². The number of furan rings is 1. The zero-order chi connectivity index (χ0) is 23.0. The van der Waals surface area contributed by atoms with Crippen LogP contribution in [0.2, 0.25) is 15.1 Å². The molecule has 1 aliphatic rings. The third kappa shape index (κ3) is 4.10. The third-order valence-electron chi connectivity index (χ3n) is 4.61. The van der Waals surface area contributed by atoms with Gasteiger partial charge in [-0.3, -0.25) is 14.9 Å². The van der Waals surface area contributed by atoms with Gasteiger partial charge < -0.3 is 9.15 Å². The lowest BCUT2D eigenvalue weighted by Crippen LogP contribution is -2.54. The summed E-state index contributed by atoms with van der Waals surface area (Å²) in [6.45, 7) is 0. The molecule has 2 aromatic carbocycles. The van der Waals surface area contributed by atoms with Gasteiger partial charge in [-0.05, 0) is 54.6 Å². The molecule has 4 amide bonds. The summed E-state index contributed by atoms with van der Waals surface area (Å²) in [6, 6.07) is 11.7. The van der Waals surface area contributed by atoms with Crippen LogP contribution in [0.1, 0.15) is 5.76 Å². The average molecular weight is 492 g/mol. The number of halogens is 3. The van der Waals surface area contributed by atoms with Crippen LogP contribution in [0.3, 0.4) is 0 Å². The van der Waals surface area contributed by atoms with E-state index >= 15 is 0 Å². The predicted molar refractivity (Wildman–Crippen MR) is 121 cm³/mol. The van der Waals surface area contributed by atoms with E-state index in [0.717, 1.165) is 4.90 Å². The highest BCUT2D eigenvalue weighted by Crippen LogP contribution is 2.32. The number of carbonyl (C=O) groups excluding carboxylic acids is 3. The van der Waals surface area contributed by atoms with Crippen LogP contribution >= 0.6 is 34.8 Å². The highest BCUT2D eigenvalue weighted by Gasteiger charge is 2.37. The van der Waals surface area contributed by atoms with Crippen LogP contribution in [0, 0.1) is 0 Å². The molecule has 0 saturated carbocycles. The van der Waals surface area contributed by atoms with Crippen LogP contribution in [0.5, 0.6) is 5.75 Å². The molecular formula is C22H13Cl3N2O5. The molecule has 0 aliphatic carbocycles. The molecule has 0 radical (unpaired) electrons. The number of anilines is 1. The van der Waals surface area contributed by atoms with E-state index in [1.807, 2.05) is 0 Å². The second-order valence-corrected chi connectivity index (χ2v) is 7.83. The number of urea groups is 1. The van der Waals surface area contributed by atoms with E-state index in [-0.39, 0.29) is 22.0 Å². The Morgan fingerprint density at radius 1 is 0.938 bits per heavy atom. The molecule has 1 fully saturated rings. The zero-order valence-corrected chi connectivity index (χ0v) is 18.6. The van der Waals surface area contributed by atoms with Gasteiger partial charge in [-0.15, -0.1) is 0 Å². The molecule has 0 bridgehead atoms. The van der Waals surface area contributed by atoms with Crippen molar-refractivity contribution in [3.8, 4) is 17.1 Å². The van der Waals surface area contributed by atoms with Crippen molar-refractivity contribution in [1.29, 1.82) is 0 Å². The minimum absolute atomic E-state index is 0.174. The van der Waals surface area contributed by atoms with Crippen molar-refractivity contribution >= 4 is 64.4 Å². The van der Waals surface area contributed by atoms with Crippen molar-refractivity contribution in [2.75, 3.05) is 12.0 Å². The van der Waals surface area contributed by atoms with E-state index in [9.17, 15) is 14.4 Å². The van der Waals surface area contributed by atoms with Gasteiger partial charge in [-0.2, -0.15) is 0 Å². The second-order valence-electron chi connectivity index (χ2n) is 6.61. The van der Waals surface area contributed by atoms with E-state index in [2.05, 4.69) is 5.32 Å². The number of carbonyl (C=O) groups is 3. The molecule has 1 aromatic heterocycles. The molecule has 162 valence electrons. The molecule has 1 N–H and O–H groups in total. The normalized spacial score (nSPS) is 15.3. The Balaban J connectivity index is 1.67. The third-order valence-corrected chi connectivity index (χ3v) is 5.65. The number of methoxy groups -OCH3 is 1. The Morgan fingerprint density at radius 3 is 2.41 bits per heavy atom. The summed E-state index contributed by atoms with van der Waals surface area (Å²) in [5.74, 6) is -0.617. The number of rotatable bonds is 4. The van der Waals surface area contributed by atoms with Gasteiger partial charge in [0.25, 0.3) is 11.8 Å². The fourth-order valence-corrected chi connectivity index (χ4v) is 3.61. The van der Waals surface area contributed by atoms with E-state index in [1.165, 1.54) is 31.4 Å². The van der Waals surface area contributed by atoms with Crippen molar-refractivity contribution in [2.24, 2.45) is 0 Å². The van der Waals surface area contributed by atoms with E-state index in [1.54, 1.807) is 30.3 Å². The van der Waals surface area contributed by atoms with Gasteiger partial charge in [0.1, 0.15) is 22.8 Å². The van der Waals surface area contributed by atoms with Crippen LogP contribution in [0.15, 0.2) is 58.5 Å². The fourth-order valence-electron chi connectivity index (χ4n) is 3.06. The number of barbiturate groups is 1. The molecule has 7 nitrogen and oxygen atoms in total. The summed E-state index contributed by atoms with van der Waals surface area (Å²) in [4.78, 5) is 38.5. The molecule has 32 heavy (non-hydrogen) atoms. The van der Waals surface area contributed by atoms with Crippen molar-refractivity contribution in [3.05, 3.63) is 74.9 Å². The number of amides is 4. The molecule has 0 atom stereocenters. The van der Waals surface area contributed by atoms with E-state index in [4.69, 9.17) is 44.0 Å². The van der Waals surface area contributed by atoms with Crippen LogP contribution in [0.4, 0.5) is 10.5 Å². The highest BCUT2D eigenvalue weighted by molar-refractivity contribution is 6.42. The largest absolute Gasteiger partial charge is 0.495 e. The highest BCUT2D eigenvalue weighted by atomic mass is 35.5. The smallest absolute Gasteiger partial charge is 0.335 e. The van der Waals surface area contributed by atoms with E-state index in [0.29, 0.717) is 27.1 Å². The molecule has 10 heteroatoms. The maximum Gasteiger partial charge on any atom is 0.335 e. The van der Waals surface area contributed by atoms with Crippen molar-refractivity contribution in [3.63, 3.8) is 0 Å². The Labute approximate surface area is 197 Å². The van der Waals surface area contributed by atoms with Gasteiger partial charge in [-0.25, -0.2) is 9.69 Å². The molecule has 3 aromatic rings. The summed E-state index contributed by atoms with van der Waals surface area (Å²) in [7, 11) is 1.44. The first-order chi connectivity index (χ1) is 15.3. The van der Waals surface area contributed by atoms with Gasteiger partial charge in [-0.1, -0.05) is 34.8 Å². The lowest BCUT2D eigenvalue weighted by Gasteiger charge is -2.26. The van der Waals surface area contributed by atoms with Gasteiger partial charge in [0.05, 0.1) is 27.9 Å². The Hall–Kier alpha value is -3.26. The van der Waals surface area contributed by atoms with Crippen molar-refractivity contribution in [2.45, 2.75) is 0 Å². The number of nitrogens with zero attached hydrogens (tertiary/aromatic N) is 1. The Kier molecular flexibility index (Phi) is 5.97. The summed E-state index contributed by atoms with van der Waals surface area (Å²) >= 11 is 18.1. The van der Waals surface area contributed by atoms with Crippen LogP contribution in [-0.2, 0) is 9.59 Å². The topological polar surface area (TPSA) is 88.8 Å². The quantitative estimate of drug-likeness (QED) is 0.380. The van der Waals surface area contributed by atoms with Gasteiger partial charge >= 0.3 is 6.03 Å². The van der Waals surface area contributed by atoms with Crippen LogP contribution in [0.25, 0.3) is 17.4 Å². The number of benzene rings is 2. The number of hydrogen-bond donors (Lipinski definition) is 1. The minimum atomic E-state index is -0.894. The summed E-state index contributed by atoms with van der Waals surface area (Å²) in [6.07, 6.45) is 1.25. The number of nitrogens with one attached hydrogen (secondary N) is 1.